The Morgan fingerprint density at radius 1 is 1.19 bits per heavy atom. The van der Waals surface area contributed by atoms with Gasteiger partial charge in [0.15, 0.2) is 5.01 Å². The number of hydrogen-bond donors (Lipinski definition) is 1. The molecular weight excluding hydrogens is 367 g/mol. The molecule has 1 aromatic heterocycles. The van der Waals surface area contributed by atoms with Crippen molar-refractivity contribution in [2.45, 2.75) is 25.2 Å². The second kappa shape index (κ2) is 7.26. The zero-order valence-electron chi connectivity index (χ0n) is 14.9. The molecule has 1 atom stereocenters. The average molecular weight is 388 g/mol. The lowest BCUT2D eigenvalue weighted by Gasteiger charge is -2.38. The molecule has 142 valence electrons. The van der Waals surface area contributed by atoms with Crippen LogP contribution in [0.1, 0.15) is 39.1 Å². The number of nitrogens with two attached hydrogens (primary N) is 1. The van der Waals surface area contributed by atoms with E-state index in [2.05, 4.69) is 4.98 Å². The number of primary amides is 1. The van der Waals surface area contributed by atoms with Crippen molar-refractivity contribution < 1.29 is 14.0 Å². The summed E-state index contributed by atoms with van der Waals surface area (Å²) in [6.07, 6.45) is 2.48. The van der Waals surface area contributed by atoms with E-state index in [1.807, 2.05) is 15.9 Å². The van der Waals surface area contributed by atoms with Crippen molar-refractivity contribution in [1.82, 2.24) is 9.88 Å². The quantitative estimate of drug-likeness (QED) is 0.874. The van der Waals surface area contributed by atoms with E-state index >= 15 is 0 Å². The predicted octanol–water partition coefficient (Wildman–Crippen LogP) is 2.15. The van der Waals surface area contributed by atoms with Gasteiger partial charge >= 0.3 is 0 Å². The van der Waals surface area contributed by atoms with Crippen molar-refractivity contribution in [2.24, 2.45) is 5.73 Å². The van der Waals surface area contributed by atoms with E-state index in [0.29, 0.717) is 31.9 Å². The first-order valence-electron chi connectivity index (χ1n) is 9.12. The van der Waals surface area contributed by atoms with Crippen LogP contribution in [-0.4, -0.2) is 47.9 Å². The number of carbonyl (C=O) groups excluding carboxylic acids is 2. The highest BCUT2D eigenvalue weighted by Crippen LogP contribution is 2.36. The number of para-hydroxylation sites is 1. The van der Waals surface area contributed by atoms with Crippen molar-refractivity contribution in [3.63, 3.8) is 0 Å². The van der Waals surface area contributed by atoms with Crippen molar-refractivity contribution in [2.75, 3.05) is 31.1 Å². The monoisotopic (exact) mass is 388 g/mol. The highest BCUT2D eigenvalue weighted by molar-refractivity contribution is 7.13. The number of amides is 2. The van der Waals surface area contributed by atoms with Crippen molar-refractivity contribution in [1.29, 1.82) is 0 Å². The molecule has 1 aliphatic carbocycles. The molecule has 1 aromatic carbocycles. The summed E-state index contributed by atoms with van der Waals surface area (Å²) in [5, 5.41) is 0.282. The summed E-state index contributed by atoms with van der Waals surface area (Å²) in [5.74, 6) is -1.04. The summed E-state index contributed by atoms with van der Waals surface area (Å²) in [6.45, 7) is 2.28. The summed E-state index contributed by atoms with van der Waals surface area (Å²) in [5.41, 5.74) is 6.65. The number of fused-ring (bicyclic) bond motifs is 1. The van der Waals surface area contributed by atoms with E-state index in [4.69, 9.17) is 5.73 Å². The molecule has 1 aliphatic heterocycles. The molecule has 1 saturated heterocycles. The van der Waals surface area contributed by atoms with Crippen LogP contribution in [0.5, 0.6) is 0 Å². The van der Waals surface area contributed by atoms with E-state index in [1.54, 1.807) is 12.1 Å². The zero-order valence-corrected chi connectivity index (χ0v) is 15.7. The van der Waals surface area contributed by atoms with E-state index < -0.39 is 5.91 Å². The molecule has 1 unspecified atom stereocenters. The molecule has 2 aromatic rings. The van der Waals surface area contributed by atoms with E-state index in [0.717, 1.165) is 29.8 Å². The van der Waals surface area contributed by atoms with Gasteiger partial charge in [-0.15, -0.1) is 11.3 Å². The number of hydrogen-bond acceptors (Lipinski definition) is 5. The fraction of sp³-hybridized carbons (Fsp3) is 0.421. The minimum absolute atomic E-state index is 0.0467. The molecule has 0 radical (unpaired) electrons. The van der Waals surface area contributed by atoms with Crippen LogP contribution in [0.25, 0.3) is 0 Å². The summed E-state index contributed by atoms with van der Waals surface area (Å²) in [6, 6.07) is 6.71. The van der Waals surface area contributed by atoms with E-state index in [-0.39, 0.29) is 22.6 Å². The van der Waals surface area contributed by atoms with Crippen molar-refractivity contribution in [3.8, 4) is 0 Å². The van der Waals surface area contributed by atoms with Gasteiger partial charge < -0.3 is 15.5 Å². The van der Waals surface area contributed by atoms with Gasteiger partial charge in [-0.2, -0.15) is 0 Å². The van der Waals surface area contributed by atoms with Gasteiger partial charge in [-0.3, -0.25) is 9.59 Å². The normalized spacial score (nSPS) is 19.7. The van der Waals surface area contributed by atoms with E-state index in [9.17, 15) is 14.0 Å². The van der Waals surface area contributed by atoms with Gasteiger partial charge in [0.2, 0.25) is 5.91 Å². The zero-order chi connectivity index (χ0) is 19.0. The maximum atomic E-state index is 14.0. The molecule has 0 spiro atoms. The Hall–Kier alpha value is -2.48. The number of benzene rings is 1. The lowest BCUT2D eigenvalue weighted by molar-refractivity contribution is -0.133. The molecule has 1 fully saturated rings. The Kier molecular flexibility index (Phi) is 4.82. The Morgan fingerprint density at radius 3 is 2.63 bits per heavy atom. The fourth-order valence-electron chi connectivity index (χ4n) is 3.86. The Morgan fingerprint density at radius 2 is 1.93 bits per heavy atom. The number of piperazine rings is 1. The topological polar surface area (TPSA) is 79.5 Å². The number of halogens is 1. The third kappa shape index (κ3) is 3.41. The molecule has 0 saturated carbocycles. The molecule has 2 heterocycles. The van der Waals surface area contributed by atoms with Crippen LogP contribution in [0.4, 0.5) is 10.1 Å². The third-order valence-corrected chi connectivity index (χ3v) is 6.39. The summed E-state index contributed by atoms with van der Waals surface area (Å²) >= 11 is 1.30. The van der Waals surface area contributed by atoms with Gasteiger partial charge in [0, 0.05) is 31.1 Å². The van der Waals surface area contributed by atoms with Crippen molar-refractivity contribution in [3.05, 3.63) is 45.7 Å². The second-order valence-electron chi connectivity index (χ2n) is 6.90. The number of carbonyl (C=O) groups is 2. The number of thiazole rings is 1. The highest BCUT2D eigenvalue weighted by atomic mass is 32.1. The summed E-state index contributed by atoms with van der Waals surface area (Å²) < 4.78 is 14.0. The van der Waals surface area contributed by atoms with Gasteiger partial charge in [0.05, 0.1) is 17.3 Å². The number of rotatable bonds is 3. The van der Waals surface area contributed by atoms with Gasteiger partial charge in [-0.05, 0) is 31.4 Å². The minimum Gasteiger partial charge on any atom is -0.366 e. The maximum Gasteiger partial charge on any atom is 0.277 e. The van der Waals surface area contributed by atoms with Crippen molar-refractivity contribution >= 4 is 28.8 Å². The van der Waals surface area contributed by atoms with E-state index in [1.165, 1.54) is 17.4 Å². The fourth-order valence-corrected chi connectivity index (χ4v) is 4.88. The standard InChI is InChI=1S/C19H21FN4O2S/c20-13-5-1-2-6-14(13)23-8-10-24(11-9-23)19(26)12-4-3-7-15-16(12)22-18(27-15)17(21)25/h1-2,5-6,12H,3-4,7-11H2,(H2,21,25). The van der Waals surface area contributed by atoms with Gasteiger partial charge in [0.1, 0.15) is 5.82 Å². The molecule has 6 nitrogen and oxygen atoms in total. The molecule has 2 amide bonds. The van der Waals surface area contributed by atoms with Gasteiger partial charge in [0.25, 0.3) is 5.91 Å². The third-order valence-electron chi connectivity index (χ3n) is 5.25. The average Bonchev–Trinajstić information content (AvgIpc) is 3.13. The van der Waals surface area contributed by atoms with Crippen LogP contribution < -0.4 is 10.6 Å². The predicted molar refractivity (Wildman–Crippen MR) is 102 cm³/mol. The number of aryl methyl sites for hydroxylation is 1. The SMILES string of the molecule is NC(=O)c1nc2c(s1)CCCC2C(=O)N1CCN(c2ccccc2F)CC1. The lowest BCUT2D eigenvalue weighted by atomic mass is 9.89. The lowest BCUT2D eigenvalue weighted by Crippen LogP contribution is -2.50. The van der Waals surface area contributed by atoms with Gasteiger partial charge in [-0.25, -0.2) is 9.37 Å². The second-order valence-corrected chi connectivity index (χ2v) is 7.98. The summed E-state index contributed by atoms with van der Waals surface area (Å²) in [7, 11) is 0. The Labute approximate surface area is 160 Å². The highest BCUT2D eigenvalue weighted by Gasteiger charge is 2.35. The van der Waals surface area contributed by atoms with Crippen LogP contribution in [0, 0.1) is 5.82 Å². The molecular formula is C19H21FN4O2S. The largest absolute Gasteiger partial charge is 0.366 e. The Bertz CT molecular complexity index is 876. The number of anilines is 1. The van der Waals surface area contributed by atoms with Crippen LogP contribution in [0.15, 0.2) is 24.3 Å². The van der Waals surface area contributed by atoms with Crippen LogP contribution >= 0.6 is 11.3 Å². The maximum absolute atomic E-state index is 14.0. The Balaban J connectivity index is 1.46. The number of aromatic nitrogens is 1. The van der Waals surface area contributed by atoms with Crippen LogP contribution in [-0.2, 0) is 11.2 Å². The smallest absolute Gasteiger partial charge is 0.277 e. The number of nitrogens with zero attached hydrogens (tertiary/aromatic N) is 3. The molecule has 0 bridgehead atoms. The molecule has 2 aliphatic rings. The molecule has 27 heavy (non-hydrogen) atoms. The first kappa shape index (κ1) is 17.9. The van der Waals surface area contributed by atoms with Crippen LogP contribution in [0.2, 0.25) is 0 Å². The van der Waals surface area contributed by atoms with Gasteiger partial charge in [-0.1, -0.05) is 12.1 Å². The first-order valence-corrected chi connectivity index (χ1v) is 9.94. The molecule has 2 N–H and O–H groups in total. The molecule has 8 heteroatoms. The van der Waals surface area contributed by atoms with Crippen LogP contribution in [0.3, 0.4) is 0 Å². The molecule has 4 rings (SSSR count). The summed E-state index contributed by atoms with van der Waals surface area (Å²) in [4.78, 5) is 33.7. The minimum atomic E-state index is -0.542. The first-order chi connectivity index (χ1) is 13.0.